The van der Waals surface area contributed by atoms with Crippen LogP contribution in [0.25, 0.3) is 0 Å². The maximum absolute atomic E-state index is 12.3. The van der Waals surface area contributed by atoms with E-state index in [2.05, 4.69) is 36.6 Å². The zero-order chi connectivity index (χ0) is 14.9. The fourth-order valence-corrected chi connectivity index (χ4v) is 4.10. The van der Waals surface area contributed by atoms with Crippen LogP contribution in [0.5, 0.6) is 0 Å². The molecule has 3 N–H and O–H groups in total. The number of rotatable bonds is 3. The molecule has 0 aliphatic heterocycles. The smallest absolute Gasteiger partial charge is 0.263 e. The third-order valence-corrected chi connectivity index (χ3v) is 5.45. The topological polar surface area (TPSA) is 72.2 Å². The fourth-order valence-electron chi connectivity index (χ4n) is 1.51. The van der Waals surface area contributed by atoms with Crippen molar-refractivity contribution in [3.05, 3.63) is 50.4 Å². The molecule has 0 heterocycles. The normalized spacial score (nSPS) is 11.3. The molecule has 0 amide bonds. The molecule has 0 saturated carbocycles. The van der Waals surface area contributed by atoms with E-state index < -0.39 is 10.0 Å². The van der Waals surface area contributed by atoms with Crippen LogP contribution in [0.4, 0.5) is 11.4 Å². The van der Waals surface area contributed by atoms with E-state index in [0.29, 0.717) is 20.3 Å². The van der Waals surface area contributed by atoms with Gasteiger partial charge in [-0.25, -0.2) is 8.42 Å². The standard InChI is InChI=1S/C12H9Br2ClN2O2S/c13-7-1-4-12(10(15)5-7)20(18,19)17-11-6-8(16)2-3-9(11)14/h1-6,17H,16H2. The van der Waals surface area contributed by atoms with Crippen LogP contribution < -0.4 is 10.5 Å². The van der Waals surface area contributed by atoms with Crippen molar-refractivity contribution in [2.75, 3.05) is 10.5 Å². The van der Waals surface area contributed by atoms with Gasteiger partial charge >= 0.3 is 0 Å². The summed E-state index contributed by atoms with van der Waals surface area (Å²) in [5.74, 6) is 0. The van der Waals surface area contributed by atoms with Gasteiger partial charge < -0.3 is 5.73 Å². The summed E-state index contributed by atoms with van der Waals surface area (Å²) in [7, 11) is -3.79. The Labute approximate surface area is 138 Å². The average molecular weight is 441 g/mol. The second-order valence-electron chi connectivity index (χ2n) is 3.92. The third-order valence-electron chi connectivity index (χ3n) is 2.42. The molecule has 2 aromatic carbocycles. The fraction of sp³-hybridized carbons (Fsp3) is 0. The minimum atomic E-state index is -3.79. The van der Waals surface area contributed by atoms with E-state index in [1.807, 2.05) is 0 Å². The molecular formula is C12H9Br2ClN2O2S. The second-order valence-corrected chi connectivity index (χ2v) is 7.75. The molecule has 0 saturated heterocycles. The highest BCUT2D eigenvalue weighted by molar-refractivity contribution is 9.10. The molecule has 0 fully saturated rings. The molecule has 20 heavy (non-hydrogen) atoms. The van der Waals surface area contributed by atoms with Crippen molar-refractivity contribution in [1.82, 2.24) is 0 Å². The maximum atomic E-state index is 12.3. The summed E-state index contributed by atoms with van der Waals surface area (Å²) in [5.41, 5.74) is 6.45. The summed E-state index contributed by atoms with van der Waals surface area (Å²) in [6.45, 7) is 0. The number of sulfonamides is 1. The first-order valence-electron chi connectivity index (χ1n) is 5.32. The Morgan fingerprint density at radius 2 is 1.80 bits per heavy atom. The van der Waals surface area contributed by atoms with E-state index in [4.69, 9.17) is 17.3 Å². The van der Waals surface area contributed by atoms with Crippen molar-refractivity contribution >= 4 is 64.9 Å². The van der Waals surface area contributed by atoms with Crippen molar-refractivity contribution < 1.29 is 8.42 Å². The average Bonchev–Trinajstić information content (AvgIpc) is 2.33. The molecule has 0 radical (unpaired) electrons. The lowest BCUT2D eigenvalue weighted by Crippen LogP contribution is -2.14. The lowest BCUT2D eigenvalue weighted by molar-refractivity contribution is 0.601. The molecule has 2 rings (SSSR count). The summed E-state index contributed by atoms with van der Waals surface area (Å²) in [6, 6.07) is 9.40. The number of halogens is 3. The predicted octanol–water partition coefficient (Wildman–Crippen LogP) is 4.25. The molecule has 0 unspecified atom stereocenters. The van der Waals surface area contributed by atoms with Gasteiger partial charge in [-0.3, -0.25) is 4.72 Å². The van der Waals surface area contributed by atoms with Gasteiger partial charge in [0.25, 0.3) is 10.0 Å². The van der Waals surface area contributed by atoms with Gasteiger partial charge in [-0.1, -0.05) is 27.5 Å². The van der Waals surface area contributed by atoms with Gasteiger partial charge in [0.05, 0.1) is 10.7 Å². The van der Waals surface area contributed by atoms with E-state index in [1.54, 1.807) is 18.2 Å². The van der Waals surface area contributed by atoms with Crippen LogP contribution in [0.3, 0.4) is 0 Å². The quantitative estimate of drug-likeness (QED) is 0.701. The molecular weight excluding hydrogens is 431 g/mol. The lowest BCUT2D eigenvalue weighted by Gasteiger charge is -2.11. The van der Waals surface area contributed by atoms with Gasteiger partial charge in [0.2, 0.25) is 0 Å². The summed E-state index contributed by atoms with van der Waals surface area (Å²) < 4.78 is 28.4. The first-order valence-corrected chi connectivity index (χ1v) is 8.77. The first kappa shape index (κ1) is 15.6. The molecule has 0 aliphatic rings. The Morgan fingerprint density at radius 1 is 1.10 bits per heavy atom. The van der Waals surface area contributed by atoms with Gasteiger partial charge in [0.1, 0.15) is 4.90 Å². The third kappa shape index (κ3) is 3.46. The number of hydrogen-bond acceptors (Lipinski definition) is 3. The number of nitrogens with two attached hydrogens (primary N) is 1. The predicted molar refractivity (Wildman–Crippen MR) is 88.5 cm³/mol. The Hall–Kier alpha value is -0.760. The van der Waals surface area contributed by atoms with Crippen LogP contribution in [0, 0.1) is 0 Å². The zero-order valence-electron chi connectivity index (χ0n) is 9.90. The molecule has 2 aromatic rings. The molecule has 0 bridgehead atoms. The summed E-state index contributed by atoms with van der Waals surface area (Å²) >= 11 is 12.5. The Morgan fingerprint density at radius 3 is 2.45 bits per heavy atom. The van der Waals surface area contributed by atoms with Crippen LogP contribution in [0.1, 0.15) is 0 Å². The monoisotopic (exact) mass is 438 g/mol. The van der Waals surface area contributed by atoms with Gasteiger partial charge in [-0.15, -0.1) is 0 Å². The van der Waals surface area contributed by atoms with Crippen molar-refractivity contribution in [2.24, 2.45) is 0 Å². The molecule has 0 spiro atoms. The lowest BCUT2D eigenvalue weighted by atomic mass is 10.3. The number of anilines is 2. The second kappa shape index (κ2) is 5.93. The largest absolute Gasteiger partial charge is 0.399 e. The highest BCUT2D eigenvalue weighted by atomic mass is 79.9. The summed E-state index contributed by atoms with van der Waals surface area (Å²) in [4.78, 5) is -0.00306. The summed E-state index contributed by atoms with van der Waals surface area (Å²) in [5, 5.41) is 0.131. The minimum Gasteiger partial charge on any atom is -0.399 e. The number of nitrogen functional groups attached to an aromatic ring is 1. The first-order chi connectivity index (χ1) is 9.29. The van der Waals surface area contributed by atoms with Crippen molar-refractivity contribution in [1.29, 1.82) is 0 Å². The molecule has 0 atom stereocenters. The van der Waals surface area contributed by atoms with Crippen molar-refractivity contribution in [3.8, 4) is 0 Å². The Balaban J connectivity index is 2.43. The molecule has 4 nitrogen and oxygen atoms in total. The van der Waals surface area contributed by atoms with Gasteiger partial charge in [-0.05, 0) is 52.3 Å². The molecule has 0 aromatic heterocycles. The highest BCUT2D eigenvalue weighted by Gasteiger charge is 2.19. The van der Waals surface area contributed by atoms with Crippen molar-refractivity contribution in [3.63, 3.8) is 0 Å². The van der Waals surface area contributed by atoms with Crippen molar-refractivity contribution in [2.45, 2.75) is 4.90 Å². The molecule has 0 aliphatic carbocycles. The van der Waals surface area contributed by atoms with Gasteiger partial charge in [0, 0.05) is 14.6 Å². The van der Waals surface area contributed by atoms with E-state index in [9.17, 15) is 8.42 Å². The Bertz CT molecular complexity index is 766. The SMILES string of the molecule is Nc1ccc(Br)c(NS(=O)(=O)c2ccc(Br)cc2Cl)c1. The number of benzene rings is 2. The van der Waals surface area contributed by atoms with Crippen LogP contribution in [0.15, 0.2) is 50.2 Å². The van der Waals surface area contributed by atoms with Crippen LogP contribution in [-0.2, 0) is 10.0 Å². The van der Waals surface area contributed by atoms with E-state index in [0.717, 1.165) is 0 Å². The molecule has 8 heteroatoms. The van der Waals surface area contributed by atoms with Crippen LogP contribution >= 0.6 is 43.5 Å². The summed E-state index contributed by atoms with van der Waals surface area (Å²) in [6.07, 6.45) is 0. The highest BCUT2D eigenvalue weighted by Crippen LogP contribution is 2.30. The van der Waals surface area contributed by atoms with E-state index in [-0.39, 0.29) is 9.92 Å². The zero-order valence-corrected chi connectivity index (χ0v) is 14.6. The number of hydrogen-bond donors (Lipinski definition) is 2. The van der Waals surface area contributed by atoms with E-state index >= 15 is 0 Å². The van der Waals surface area contributed by atoms with Gasteiger partial charge in [-0.2, -0.15) is 0 Å². The number of nitrogens with one attached hydrogen (secondary N) is 1. The minimum absolute atomic E-state index is 0.00306. The molecule has 106 valence electrons. The van der Waals surface area contributed by atoms with Gasteiger partial charge in [0.15, 0.2) is 0 Å². The maximum Gasteiger partial charge on any atom is 0.263 e. The van der Waals surface area contributed by atoms with E-state index in [1.165, 1.54) is 18.2 Å². The van der Waals surface area contributed by atoms with Crippen LogP contribution in [-0.4, -0.2) is 8.42 Å². The van der Waals surface area contributed by atoms with Crippen LogP contribution in [0.2, 0.25) is 5.02 Å². The Kier molecular flexibility index (Phi) is 4.63.